The summed E-state index contributed by atoms with van der Waals surface area (Å²) in [5.41, 5.74) is 0.721. The van der Waals surface area contributed by atoms with Crippen LogP contribution in [0, 0.1) is 0 Å². The predicted molar refractivity (Wildman–Crippen MR) is 73.7 cm³/mol. The minimum absolute atomic E-state index is 0.113. The van der Waals surface area contributed by atoms with Gasteiger partial charge in [-0.15, -0.1) is 0 Å². The first-order valence-corrected chi connectivity index (χ1v) is 6.27. The molecule has 1 aromatic rings. The van der Waals surface area contributed by atoms with E-state index in [0.717, 1.165) is 5.69 Å². The lowest BCUT2D eigenvalue weighted by molar-refractivity contribution is -0.141. The summed E-state index contributed by atoms with van der Waals surface area (Å²) >= 11 is 0. The number of rotatable bonds is 8. The second kappa shape index (κ2) is 8.92. The van der Waals surface area contributed by atoms with Crippen molar-refractivity contribution in [2.24, 2.45) is 0 Å². The highest BCUT2D eigenvalue weighted by Crippen LogP contribution is 2.15. The van der Waals surface area contributed by atoms with Crippen LogP contribution in [0.15, 0.2) is 24.3 Å². The summed E-state index contributed by atoms with van der Waals surface area (Å²) in [4.78, 5) is 21.7. The topological polar surface area (TPSA) is 73.9 Å². The van der Waals surface area contributed by atoms with Crippen molar-refractivity contribution < 1.29 is 23.8 Å². The van der Waals surface area contributed by atoms with E-state index in [4.69, 9.17) is 9.47 Å². The van der Waals surface area contributed by atoms with Crippen molar-refractivity contribution in [2.45, 2.75) is 13.3 Å². The zero-order valence-corrected chi connectivity index (χ0v) is 11.7. The summed E-state index contributed by atoms with van der Waals surface area (Å²) in [6.45, 7) is 2.55. The van der Waals surface area contributed by atoms with E-state index in [-0.39, 0.29) is 18.3 Å². The quantitative estimate of drug-likeness (QED) is 0.579. The zero-order valence-electron chi connectivity index (χ0n) is 11.7. The summed E-state index contributed by atoms with van der Waals surface area (Å²) in [5, 5.41) is 2.67. The fourth-order valence-electron chi connectivity index (χ4n) is 1.42. The van der Waals surface area contributed by atoms with Crippen LogP contribution in [0.1, 0.15) is 13.3 Å². The highest BCUT2D eigenvalue weighted by molar-refractivity contribution is 5.88. The molecule has 0 fully saturated rings. The van der Waals surface area contributed by atoms with Crippen LogP contribution >= 0.6 is 0 Å². The van der Waals surface area contributed by atoms with Gasteiger partial charge in [-0.3, -0.25) is 9.59 Å². The van der Waals surface area contributed by atoms with Crippen LogP contribution in [-0.2, 0) is 19.1 Å². The van der Waals surface area contributed by atoms with Crippen LogP contribution in [0.25, 0.3) is 0 Å². The van der Waals surface area contributed by atoms with E-state index in [1.165, 1.54) is 14.0 Å². The number of carbonyl (C=O) groups excluding carboxylic acids is 2. The number of benzene rings is 1. The van der Waals surface area contributed by atoms with E-state index >= 15 is 0 Å². The van der Waals surface area contributed by atoms with E-state index < -0.39 is 0 Å². The number of ether oxygens (including phenoxy) is 3. The number of hydrogen-bond donors (Lipinski definition) is 1. The molecule has 0 aromatic heterocycles. The number of anilines is 1. The molecule has 1 amide bonds. The van der Waals surface area contributed by atoms with Gasteiger partial charge < -0.3 is 19.5 Å². The molecule has 0 unspecified atom stereocenters. The Kier molecular flexibility index (Phi) is 7.13. The van der Waals surface area contributed by atoms with Gasteiger partial charge in [0.15, 0.2) is 0 Å². The number of amides is 1. The molecule has 0 aliphatic carbocycles. The molecule has 1 rings (SSSR count). The first-order chi connectivity index (χ1) is 9.61. The number of methoxy groups -OCH3 is 1. The molecule has 0 saturated heterocycles. The molecule has 0 heterocycles. The lowest BCUT2D eigenvalue weighted by Crippen LogP contribution is -2.11. The lowest BCUT2D eigenvalue weighted by Gasteiger charge is -2.08. The summed E-state index contributed by atoms with van der Waals surface area (Å²) in [5.74, 6) is 0.285. The van der Waals surface area contributed by atoms with Crippen LogP contribution in [0.4, 0.5) is 5.69 Å². The molecule has 1 N–H and O–H groups in total. The molecule has 6 heteroatoms. The third-order valence-electron chi connectivity index (χ3n) is 2.35. The third kappa shape index (κ3) is 6.75. The van der Waals surface area contributed by atoms with Crippen LogP contribution in [0.5, 0.6) is 5.75 Å². The fraction of sp³-hybridized carbons (Fsp3) is 0.429. The minimum Gasteiger partial charge on any atom is -0.491 e. The molecule has 0 aliphatic heterocycles. The van der Waals surface area contributed by atoms with Gasteiger partial charge in [0.05, 0.1) is 26.7 Å². The van der Waals surface area contributed by atoms with E-state index in [9.17, 15) is 9.59 Å². The van der Waals surface area contributed by atoms with Gasteiger partial charge in [-0.25, -0.2) is 0 Å². The van der Waals surface area contributed by atoms with Gasteiger partial charge in [-0.1, -0.05) is 0 Å². The zero-order chi connectivity index (χ0) is 14.8. The van der Waals surface area contributed by atoms with Crippen LogP contribution in [0.2, 0.25) is 0 Å². The maximum absolute atomic E-state index is 10.8. The van der Waals surface area contributed by atoms with Crippen LogP contribution < -0.4 is 10.1 Å². The number of nitrogens with one attached hydrogen (secondary N) is 1. The second-order valence-corrected chi connectivity index (χ2v) is 3.99. The van der Waals surface area contributed by atoms with Gasteiger partial charge >= 0.3 is 5.97 Å². The smallest absolute Gasteiger partial charge is 0.307 e. The van der Waals surface area contributed by atoms with Crippen LogP contribution in [0.3, 0.4) is 0 Å². The van der Waals surface area contributed by atoms with E-state index in [1.54, 1.807) is 24.3 Å². The molecule has 0 bridgehead atoms. The first kappa shape index (κ1) is 16.0. The Balaban J connectivity index is 2.16. The monoisotopic (exact) mass is 281 g/mol. The van der Waals surface area contributed by atoms with Crippen molar-refractivity contribution in [1.82, 2.24) is 0 Å². The van der Waals surface area contributed by atoms with Gasteiger partial charge in [0.1, 0.15) is 12.4 Å². The molecule has 110 valence electrons. The summed E-state index contributed by atoms with van der Waals surface area (Å²) in [6, 6.07) is 7.04. The Hall–Kier alpha value is -2.08. The molecule has 1 aromatic carbocycles. The second-order valence-electron chi connectivity index (χ2n) is 3.99. The van der Waals surface area contributed by atoms with Crippen molar-refractivity contribution >= 4 is 17.6 Å². The number of esters is 1. The summed E-state index contributed by atoms with van der Waals surface area (Å²) < 4.78 is 15.2. The largest absolute Gasteiger partial charge is 0.491 e. The SMILES string of the molecule is COC(=O)CCOCCOc1ccc(NC(C)=O)cc1. The van der Waals surface area contributed by atoms with E-state index in [2.05, 4.69) is 10.1 Å². The Morgan fingerprint density at radius 3 is 2.40 bits per heavy atom. The van der Waals surface area contributed by atoms with E-state index in [0.29, 0.717) is 25.6 Å². The number of carbonyl (C=O) groups is 2. The van der Waals surface area contributed by atoms with Gasteiger partial charge in [0.25, 0.3) is 0 Å². The van der Waals surface area contributed by atoms with Gasteiger partial charge in [0, 0.05) is 12.6 Å². The highest BCUT2D eigenvalue weighted by atomic mass is 16.5. The van der Waals surface area contributed by atoms with Crippen molar-refractivity contribution in [1.29, 1.82) is 0 Å². The fourth-order valence-corrected chi connectivity index (χ4v) is 1.42. The molecule has 6 nitrogen and oxygen atoms in total. The highest BCUT2D eigenvalue weighted by Gasteiger charge is 2.00. The average Bonchev–Trinajstić information content (AvgIpc) is 2.43. The molecule has 0 saturated carbocycles. The van der Waals surface area contributed by atoms with Crippen LogP contribution in [-0.4, -0.2) is 38.8 Å². The number of hydrogen-bond acceptors (Lipinski definition) is 5. The average molecular weight is 281 g/mol. The molecular formula is C14H19NO5. The Bertz CT molecular complexity index is 430. The normalized spacial score (nSPS) is 9.90. The third-order valence-corrected chi connectivity index (χ3v) is 2.35. The predicted octanol–water partition coefficient (Wildman–Crippen LogP) is 1.60. The molecule has 0 aliphatic rings. The van der Waals surface area contributed by atoms with Gasteiger partial charge in [-0.2, -0.15) is 0 Å². The Morgan fingerprint density at radius 2 is 1.80 bits per heavy atom. The van der Waals surface area contributed by atoms with Gasteiger partial charge in [0.2, 0.25) is 5.91 Å². The molecule has 0 radical (unpaired) electrons. The first-order valence-electron chi connectivity index (χ1n) is 6.27. The molecule has 20 heavy (non-hydrogen) atoms. The Morgan fingerprint density at radius 1 is 1.10 bits per heavy atom. The van der Waals surface area contributed by atoms with Crippen molar-refractivity contribution in [3.63, 3.8) is 0 Å². The summed E-state index contributed by atoms with van der Waals surface area (Å²) in [7, 11) is 1.34. The van der Waals surface area contributed by atoms with Crippen molar-refractivity contribution in [3.05, 3.63) is 24.3 Å². The Labute approximate surface area is 118 Å². The maximum Gasteiger partial charge on any atom is 0.307 e. The molecule has 0 atom stereocenters. The standard InChI is InChI=1S/C14H19NO5/c1-11(16)15-12-3-5-13(6-4-12)20-10-9-19-8-7-14(17)18-2/h3-6H,7-10H2,1-2H3,(H,15,16). The van der Waals surface area contributed by atoms with Crippen molar-refractivity contribution in [3.8, 4) is 5.75 Å². The molecular weight excluding hydrogens is 262 g/mol. The lowest BCUT2D eigenvalue weighted by atomic mass is 10.3. The van der Waals surface area contributed by atoms with E-state index in [1.807, 2.05) is 0 Å². The van der Waals surface area contributed by atoms with Gasteiger partial charge in [-0.05, 0) is 24.3 Å². The summed E-state index contributed by atoms with van der Waals surface area (Å²) in [6.07, 6.45) is 0.238. The molecule has 0 spiro atoms. The van der Waals surface area contributed by atoms with Crippen molar-refractivity contribution in [2.75, 3.05) is 32.2 Å². The minimum atomic E-state index is -0.292. The maximum atomic E-state index is 10.8.